The van der Waals surface area contributed by atoms with Crippen LogP contribution in [0.5, 0.6) is 0 Å². The van der Waals surface area contributed by atoms with Gasteiger partial charge in [0.25, 0.3) is 0 Å². The number of rotatable bonds is 77. The van der Waals surface area contributed by atoms with Gasteiger partial charge in [-0.15, -0.1) is 0 Å². The number of ether oxygens (including phenoxy) is 4. The highest BCUT2D eigenvalue weighted by atomic mass is 31.2. The number of carbonyl (C=O) groups is 4. The fourth-order valence-corrected chi connectivity index (χ4v) is 13.7. The number of hydrogen-bond donors (Lipinski definition) is 3. The Hall–Kier alpha value is -1.94. The van der Waals surface area contributed by atoms with E-state index in [9.17, 15) is 43.2 Å². The summed E-state index contributed by atoms with van der Waals surface area (Å²) in [5.41, 5.74) is 0. The molecule has 0 fully saturated rings. The fraction of sp³-hybridized carbons (Fsp3) is 0.949. The molecule has 0 bridgehead atoms. The highest BCUT2D eigenvalue weighted by molar-refractivity contribution is 7.47. The van der Waals surface area contributed by atoms with E-state index in [2.05, 4.69) is 48.5 Å². The molecule has 19 heteroatoms. The van der Waals surface area contributed by atoms with E-state index in [4.69, 9.17) is 37.0 Å². The van der Waals surface area contributed by atoms with Crippen LogP contribution in [0, 0.1) is 17.8 Å². The first-order valence-corrected chi connectivity index (χ1v) is 43.8. The maximum atomic E-state index is 13.1. The maximum Gasteiger partial charge on any atom is 0.472 e. The van der Waals surface area contributed by atoms with Crippen molar-refractivity contribution < 1.29 is 80.2 Å². The van der Waals surface area contributed by atoms with Gasteiger partial charge in [-0.3, -0.25) is 37.3 Å². The SMILES string of the molecule is CCCCCCCCCCCCCCCCC(=O)O[C@H](COC(=O)CCCCCCCCCC(C)C)COP(=O)(O)OC[C@H](O)COP(=O)(O)OC[C@@H](COC(=O)CCCCCCCCCCCCCCC(C)C)OC(=O)CCCCCCCCCCCCCCCCCCC(C)C. The predicted octanol–water partition coefficient (Wildman–Crippen LogP) is 23.4. The molecule has 0 amide bonds. The Morgan fingerprint density at radius 3 is 0.694 bits per heavy atom. The second kappa shape index (κ2) is 69.4. The Bertz CT molecular complexity index is 1900. The minimum atomic E-state index is -4.96. The van der Waals surface area contributed by atoms with Gasteiger partial charge in [0.05, 0.1) is 26.4 Å². The molecule has 0 heterocycles. The van der Waals surface area contributed by atoms with Gasteiger partial charge in [0.15, 0.2) is 12.2 Å². The van der Waals surface area contributed by atoms with E-state index in [-0.39, 0.29) is 25.7 Å². The summed E-state index contributed by atoms with van der Waals surface area (Å²) >= 11 is 0. The minimum Gasteiger partial charge on any atom is -0.462 e. The van der Waals surface area contributed by atoms with Crippen LogP contribution in [0.25, 0.3) is 0 Å². The van der Waals surface area contributed by atoms with Gasteiger partial charge in [0, 0.05) is 25.7 Å². The first-order chi connectivity index (χ1) is 47.2. The number of carbonyl (C=O) groups excluding carboxylic acids is 4. The summed E-state index contributed by atoms with van der Waals surface area (Å²) in [6.45, 7) is 11.9. The molecule has 0 saturated heterocycles. The molecule has 3 N–H and O–H groups in total. The van der Waals surface area contributed by atoms with E-state index in [1.807, 2.05) is 0 Å². The van der Waals surface area contributed by atoms with Crippen LogP contribution in [0.15, 0.2) is 0 Å². The van der Waals surface area contributed by atoms with Crippen LogP contribution in [0.4, 0.5) is 0 Å². The van der Waals surface area contributed by atoms with Crippen LogP contribution in [0.1, 0.15) is 408 Å². The van der Waals surface area contributed by atoms with Crippen molar-refractivity contribution >= 4 is 39.5 Å². The summed E-state index contributed by atoms with van der Waals surface area (Å²) in [5, 5.41) is 10.6. The standard InChI is InChI=1S/C79H154O17P2/c1-8-9-10-11-12-13-14-15-21-28-33-40-48-55-62-79(84)96-75(67-90-77(82)61-54-47-42-35-38-45-52-59-72(6)7)69-94-98(87,88)92-65-73(80)64-91-97(85,86)93-68-74(66-89-76(81)60-53-46-39-32-27-24-23-26-31-37-44-51-58-71(4)5)95-78(83)63-56-49-41-34-29-22-19-17-16-18-20-25-30-36-43-50-57-70(2)3/h70-75,80H,8-69H2,1-7H3,(H,85,86)(H,87,88)/t73-,74-,75-/m1/s1. The van der Waals surface area contributed by atoms with Gasteiger partial charge in [-0.1, -0.05) is 357 Å². The first kappa shape index (κ1) is 96.1. The average molecular weight is 1440 g/mol. The second-order valence-corrected chi connectivity index (χ2v) is 32.8. The molecule has 0 aromatic rings. The molecule has 0 aliphatic carbocycles. The molecule has 0 saturated carbocycles. The van der Waals surface area contributed by atoms with E-state index in [0.717, 1.165) is 108 Å². The van der Waals surface area contributed by atoms with Crippen LogP contribution in [0.2, 0.25) is 0 Å². The topological polar surface area (TPSA) is 237 Å². The summed E-state index contributed by atoms with van der Waals surface area (Å²) in [7, 11) is -9.92. The molecular weight excluding hydrogens is 1280 g/mol. The van der Waals surface area contributed by atoms with Crippen molar-refractivity contribution in [3.63, 3.8) is 0 Å². The average Bonchev–Trinajstić information content (AvgIpc) is 0.984. The van der Waals surface area contributed by atoms with Crippen molar-refractivity contribution in [2.24, 2.45) is 17.8 Å². The van der Waals surface area contributed by atoms with E-state index in [0.29, 0.717) is 31.6 Å². The number of unbranched alkanes of at least 4 members (excludes halogenated alkanes) is 45. The number of aliphatic hydroxyl groups excluding tert-OH is 1. The molecule has 582 valence electrons. The lowest BCUT2D eigenvalue weighted by Crippen LogP contribution is -2.30. The highest BCUT2D eigenvalue weighted by Crippen LogP contribution is 2.45. The van der Waals surface area contributed by atoms with Crippen molar-refractivity contribution in [2.75, 3.05) is 39.6 Å². The number of esters is 4. The second-order valence-electron chi connectivity index (χ2n) is 29.9. The zero-order valence-electron chi connectivity index (χ0n) is 64.3. The molecule has 0 rings (SSSR count). The van der Waals surface area contributed by atoms with E-state index in [1.54, 1.807) is 0 Å². The zero-order chi connectivity index (χ0) is 72.3. The lowest BCUT2D eigenvalue weighted by Gasteiger charge is -2.21. The van der Waals surface area contributed by atoms with Crippen molar-refractivity contribution in [2.45, 2.75) is 426 Å². The third-order valence-electron chi connectivity index (χ3n) is 18.4. The van der Waals surface area contributed by atoms with Crippen LogP contribution >= 0.6 is 15.6 Å². The molecule has 5 atom stereocenters. The molecule has 98 heavy (non-hydrogen) atoms. The number of phosphoric acid groups is 2. The van der Waals surface area contributed by atoms with E-state index >= 15 is 0 Å². The van der Waals surface area contributed by atoms with Gasteiger partial charge in [-0.25, -0.2) is 9.13 Å². The molecule has 0 aromatic carbocycles. The molecule has 0 aliphatic rings. The third kappa shape index (κ3) is 72.4. The van der Waals surface area contributed by atoms with Crippen LogP contribution in [-0.2, 0) is 65.4 Å². The van der Waals surface area contributed by atoms with Gasteiger partial charge in [0.2, 0.25) is 0 Å². The Labute approximate surface area is 600 Å². The molecular formula is C79H154O17P2. The number of aliphatic hydroxyl groups is 1. The summed E-state index contributed by atoms with van der Waals surface area (Å²) in [6, 6.07) is 0. The Morgan fingerprint density at radius 1 is 0.276 bits per heavy atom. The number of hydrogen-bond acceptors (Lipinski definition) is 15. The number of phosphoric ester groups is 2. The molecule has 0 aliphatic heterocycles. The molecule has 17 nitrogen and oxygen atoms in total. The summed E-state index contributed by atoms with van der Waals surface area (Å²) in [5.74, 6) is 0.183. The molecule has 0 spiro atoms. The third-order valence-corrected chi connectivity index (χ3v) is 20.3. The Morgan fingerprint density at radius 2 is 0.469 bits per heavy atom. The van der Waals surface area contributed by atoms with Gasteiger partial charge in [0.1, 0.15) is 19.3 Å². The lowest BCUT2D eigenvalue weighted by molar-refractivity contribution is -0.161. The quantitative estimate of drug-likeness (QED) is 0.0222. The zero-order valence-corrected chi connectivity index (χ0v) is 66.0. The summed E-state index contributed by atoms with van der Waals surface area (Å²) in [4.78, 5) is 72.9. The van der Waals surface area contributed by atoms with Gasteiger partial charge >= 0.3 is 39.5 Å². The Kier molecular flexibility index (Phi) is 68.1. The smallest absolute Gasteiger partial charge is 0.462 e. The van der Waals surface area contributed by atoms with Crippen molar-refractivity contribution in [3.8, 4) is 0 Å². The van der Waals surface area contributed by atoms with Crippen LogP contribution in [-0.4, -0.2) is 96.7 Å². The maximum absolute atomic E-state index is 13.1. The predicted molar refractivity (Wildman–Crippen MR) is 400 cm³/mol. The lowest BCUT2D eigenvalue weighted by atomic mass is 10.0. The first-order valence-electron chi connectivity index (χ1n) is 40.8. The monoisotopic (exact) mass is 1440 g/mol. The Balaban J connectivity index is 5.24. The summed E-state index contributed by atoms with van der Waals surface area (Å²) in [6.07, 6.45) is 56.9. The molecule has 0 aromatic heterocycles. The summed E-state index contributed by atoms with van der Waals surface area (Å²) < 4.78 is 68.6. The van der Waals surface area contributed by atoms with Gasteiger partial charge in [-0.05, 0) is 43.4 Å². The largest absolute Gasteiger partial charge is 0.472 e. The van der Waals surface area contributed by atoms with Crippen LogP contribution < -0.4 is 0 Å². The fourth-order valence-electron chi connectivity index (χ4n) is 12.1. The van der Waals surface area contributed by atoms with Gasteiger partial charge < -0.3 is 33.8 Å². The van der Waals surface area contributed by atoms with E-state index < -0.39 is 97.5 Å². The van der Waals surface area contributed by atoms with E-state index in [1.165, 1.54) is 212 Å². The van der Waals surface area contributed by atoms with Crippen molar-refractivity contribution in [3.05, 3.63) is 0 Å². The minimum absolute atomic E-state index is 0.107. The van der Waals surface area contributed by atoms with Crippen molar-refractivity contribution in [1.29, 1.82) is 0 Å². The normalized spacial score (nSPS) is 14.0. The van der Waals surface area contributed by atoms with Gasteiger partial charge in [-0.2, -0.15) is 0 Å². The molecule has 2 unspecified atom stereocenters. The highest BCUT2D eigenvalue weighted by Gasteiger charge is 2.30. The van der Waals surface area contributed by atoms with Crippen LogP contribution in [0.3, 0.4) is 0 Å². The molecule has 0 radical (unpaired) electrons. The van der Waals surface area contributed by atoms with Crippen molar-refractivity contribution in [1.82, 2.24) is 0 Å².